The van der Waals surface area contributed by atoms with E-state index in [2.05, 4.69) is 22.6 Å². The second-order valence-corrected chi connectivity index (χ2v) is 10.9. The Hall–Kier alpha value is -1.61. The average Bonchev–Trinajstić information content (AvgIpc) is 3.25. The number of carbonyl (C=O) groups excluding carboxylic acids is 2. The maximum absolute atomic E-state index is 13.5. The van der Waals surface area contributed by atoms with Crippen LogP contribution in [-0.2, 0) is 24.4 Å². The van der Waals surface area contributed by atoms with Crippen molar-refractivity contribution in [2.24, 2.45) is 17.8 Å². The van der Waals surface area contributed by atoms with Crippen LogP contribution in [0.15, 0.2) is 18.2 Å². The first-order valence-corrected chi connectivity index (χ1v) is 12.2. The van der Waals surface area contributed by atoms with Crippen LogP contribution in [0.25, 0.3) is 0 Å². The van der Waals surface area contributed by atoms with Gasteiger partial charge in [0.2, 0.25) is 0 Å². The second-order valence-electron chi connectivity index (χ2n) is 8.14. The van der Waals surface area contributed by atoms with Crippen LogP contribution in [0, 0.1) is 21.3 Å². The van der Waals surface area contributed by atoms with E-state index in [1.165, 1.54) is 0 Å². The minimum atomic E-state index is -5.92. The van der Waals surface area contributed by atoms with Crippen LogP contribution >= 0.6 is 22.6 Å². The van der Waals surface area contributed by atoms with E-state index in [9.17, 15) is 31.2 Å². The van der Waals surface area contributed by atoms with Crippen molar-refractivity contribution in [1.82, 2.24) is 0 Å². The highest BCUT2D eigenvalue weighted by Crippen LogP contribution is 2.57. The van der Waals surface area contributed by atoms with Crippen LogP contribution in [0.4, 0.5) is 13.2 Å². The van der Waals surface area contributed by atoms with E-state index >= 15 is 0 Å². The standard InChI is InChI=1S/C19H18F3IO8S/c20-15(19(21,22)32(26,27)28)3-4-29-16(24)12-6-10-5-9(12)8-18(10)30-14-2-1-11(23)7-13(14)17(25)31-18/h1-2,7,9-10,12,15H,3-6,8H2,(H,26,27,28). The Morgan fingerprint density at radius 2 is 2.06 bits per heavy atom. The molecule has 4 rings (SSSR count). The normalized spacial score (nSPS) is 29.9. The fourth-order valence-corrected chi connectivity index (χ4v) is 5.58. The third-order valence-electron chi connectivity index (χ3n) is 6.20. The Kier molecular flexibility index (Phi) is 5.89. The van der Waals surface area contributed by atoms with Crippen LogP contribution in [0.3, 0.4) is 0 Å². The van der Waals surface area contributed by atoms with Crippen molar-refractivity contribution >= 4 is 44.6 Å². The number of fused-ring (bicyclic) bond motifs is 4. The number of hydrogen-bond acceptors (Lipinski definition) is 7. The Morgan fingerprint density at radius 3 is 2.69 bits per heavy atom. The quantitative estimate of drug-likeness (QED) is 0.305. The molecule has 2 bridgehead atoms. The predicted octanol–water partition coefficient (Wildman–Crippen LogP) is 3.33. The lowest BCUT2D eigenvalue weighted by Crippen LogP contribution is -2.50. The molecule has 8 nitrogen and oxygen atoms in total. The maximum atomic E-state index is 13.5. The second kappa shape index (κ2) is 8.01. The number of carbonyl (C=O) groups is 2. The summed E-state index contributed by atoms with van der Waals surface area (Å²) in [5, 5.41) is -4.99. The van der Waals surface area contributed by atoms with E-state index < -0.39 is 58.2 Å². The summed E-state index contributed by atoms with van der Waals surface area (Å²) < 4.78 is 86.9. The summed E-state index contributed by atoms with van der Waals surface area (Å²) >= 11 is 2.06. The molecule has 5 unspecified atom stereocenters. The smallest absolute Gasteiger partial charge is 0.400 e. The molecule has 13 heteroatoms. The van der Waals surface area contributed by atoms with Crippen molar-refractivity contribution in [2.75, 3.05) is 6.61 Å². The highest BCUT2D eigenvalue weighted by atomic mass is 127. The summed E-state index contributed by atoms with van der Waals surface area (Å²) in [4.78, 5) is 24.9. The lowest BCUT2D eigenvalue weighted by atomic mass is 9.84. The van der Waals surface area contributed by atoms with E-state index in [0.717, 1.165) is 3.57 Å². The lowest BCUT2D eigenvalue weighted by Gasteiger charge is -2.41. The molecule has 2 aliphatic carbocycles. The predicted molar refractivity (Wildman–Crippen MR) is 109 cm³/mol. The molecule has 0 aromatic heterocycles. The van der Waals surface area contributed by atoms with E-state index in [-0.39, 0.29) is 24.7 Å². The molecule has 0 radical (unpaired) electrons. The van der Waals surface area contributed by atoms with Gasteiger partial charge in [-0.3, -0.25) is 9.35 Å². The van der Waals surface area contributed by atoms with Crippen LogP contribution in [-0.4, -0.2) is 48.7 Å². The zero-order valence-corrected chi connectivity index (χ0v) is 19.3. The summed E-state index contributed by atoms with van der Waals surface area (Å²) in [6, 6.07) is 5.14. The minimum absolute atomic E-state index is 0.244. The van der Waals surface area contributed by atoms with Crippen molar-refractivity contribution in [3.63, 3.8) is 0 Å². The topological polar surface area (TPSA) is 116 Å². The first-order chi connectivity index (χ1) is 14.8. The summed E-state index contributed by atoms with van der Waals surface area (Å²) in [6.07, 6.45) is -3.27. The van der Waals surface area contributed by atoms with Gasteiger partial charge >= 0.3 is 27.3 Å². The van der Waals surface area contributed by atoms with Gasteiger partial charge in [0.15, 0.2) is 6.17 Å². The van der Waals surface area contributed by atoms with Gasteiger partial charge in [0.1, 0.15) is 11.3 Å². The van der Waals surface area contributed by atoms with E-state index in [0.29, 0.717) is 17.7 Å². The van der Waals surface area contributed by atoms with Crippen LogP contribution in [0.5, 0.6) is 5.75 Å². The average molecular weight is 590 g/mol. The lowest BCUT2D eigenvalue weighted by molar-refractivity contribution is -0.193. The Balaban J connectivity index is 1.35. The van der Waals surface area contributed by atoms with Crippen molar-refractivity contribution in [3.8, 4) is 5.75 Å². The maximum Gasteiger partial charge on any atom is 0.400 e. The van der Waals surface area contributed by atoms with E-state index in [1.54, 1.807) is 18.2 Å². The zero-order valence-electron chi connectivity index (χ0n) is 16.3. The number of halogens is 4. The molecule has 1 N–H and O–H groups in total. The highest BCUT2D eigenvalue weighted by molar-refractivity contribution is 14.1. The molecule has 176 valence electrons. The first-order valence-electron chi connectivity index (χ1n) is 9.71. The number of esters is 2. The molecule has 2 fully saturated rings. The molecule has 1 aromatic rings. The third kappa shape index (κ3) is 3.95. The van der Waals surface area contributed by atoms with Gasteiger partial charge in [-0.15, -0.1) is 0 Å². The Morgan fingerprint density at radius 1 is 1.34 bits per heavy atom. The van der Waals surface area contributed by atoms with Gasteiger partial charge in [-0.1, -0.05) is 0 Å². The Labute approximate surface area is 194 Å². The molecule has 0 saturated heterocycles. The summed E-state index contributed by atoms with van der Waals surface area (Å²) in [5.41, 5.74) is 0.323. The largest absolute Gasteiger partial charge is 0.465 e. The molecule has 2 saturated carbocycles. The van der Waals surface area contributed by atoms with Crippen LogP contribution in [0.2, 0.25) is 0 Å². The van der Waals surface area contributed by atoms with E-state index in [4.69, 9.17) is 18.8 Å². The van der Waals surface area contributed by atoms with Crippen molar-refractivity contribution < 1.29 is 49.9 Å². The number of rotatable bonds is 6. The monoisotopic (exact) mass is 590 g/mol. The molecule has 1 aromatic carbocycles. The van der Waals surface area contributed by atoms with Crippen LogP contribution in [0.1, 0.15) is 36.0 Å². The van der Waals surface area contributed by atoms with Gasteiger partial charge in [-0.2, -0.15) is 17.2 Å². The van der Waals surface area contributed by atoms with E-state index in [1.807, 2.05) is 0 Å². The van der Waals surface area contributed by atoms with Gasteiger partial charge < -0.3 is 14.2 Å². The number of alkyl halides is 3. The molecule has 3 aliphatic rings. The summed E-state index contributed by atoms with van der Waals surface area (Å²) in [7, 11) is -5.92. The molecule has 32 heavy (non-hydrogen) atoms. The van der Waals surface area contributed by atoms with Gasteiger partial charge in [0, 0.05) is 22.3 Å². The first kappa shape index (κ1) is 23.5. The molecular weight excluding hydrogens is 572 g/mol. The Bertz CT molecular complexity index is 1060. The summed E-state index contributed by atoms with van der Waals surface area (Å²) in [6.45, 7) is -0.776. The third-order valence-corrected chi connectivity index (χ3v) is 7.81. The molecule has 1 spiro atoms. The molecule has 5 atom stereocenters. The fraction of sp³-hybridized carbons (Fsp3) is 0.579. The number of hydrogen-bond donors (Lipinski definition) is 1. The van der Waals surface area contributed by atoms with Gasteiger partial charge in [0.05, 0.1) is 12.5 Å². The van der Waals surface area contributed by atoms with Crippen molar-refractivity contribution in [1.29, 1.82) is 0 Å². The molecule has 1 aliphatic heterocycles. The highest BCUT2D eigenvalue weighted by Gasteiger charge is 2.63. The fourth-order valence-electron chi connectivity index (χ4n) is 4.65. The van der Waals surface area contributed by atoms with Gasteiger partial charge in [0.25, 0.3) is 5.79 Å². The zero-order chi connectivity index (χ0) is 23.5. The minimum Gasteiger partial charge on any atom is -0.465 e. The number of ether oxygens (including phenoxy) is 3. The number of benzene rings is 1. The van der Waals surface area contributed by atoms with Crippen molar-refractivity contribution in [2.45, 2.75) is 42.9 Å². The van der Waals surface area contributed by atoms with Crippen LogP contribution < -0.4 is 4.74 Å². The van der Waals surface area contributed by atoms with Gasteiger partial charge in [-0.05, 0) is 59.5 Å². The molecule has 1 heterocycles. The SMILES string of the molecule is O=C1OC2(CC3CC2CC3C(=O)OCCC(F)C(F)(F)S(=O)(=O)O)Oc2ccc(I)cc21. The molecule has 0 amide bonds. The molecular formula is C19H18F3IO8S. The summed E-state index contributed by atoms with van der Waals surface area (Å²) in [5.74, 6) is -3.14. The van der Waals surface area contributed by atoms with Crippen molar-refractivity contribution in [3.05, 3.63) is 27.3 Å². The van der Waals surface area contributed by atoms with Gasteiger partial charge in [-0.25, -0.2) is 9.18 Å².